The number of hydrogen-bond donors (Lipinski definition) is 1. The van der Waals surface area contributed by atoms with Crippen LogP contribution in [0.1, 0.15) is 42.6 Å². The molecule has 106 valence electrons. The van der Waals surface area contributed by atoms with Gasteiger partial charge in [0.1, 0.15) is 11.1 Å². The highest BCUT2D eigenvalue weighted by atomic mass is 32.2. The number of benzene rings is 1. The SMILES string of the molecule is CCCCSc1ncccc1C(O)c1ccc(C)cc1. The first-order valence-electron chi connectivity index (χ1n) is 7.04. The Morgan fingerprint density at radius 3 is 2.65 bits per heavy atom. The van der Waals surface area contributed by atoms with Gasteiger partial charge in [0.15, 0.2) is 0 Å². The molecule has 1 heterocycles. The number of thioether (sulfide) groups is 1. The van der Waals surface area contributed by atoms with Crippen LogP contribution in [0.3, 0.4) is 0 Å². The first-order valence-corrected chi connectivity index (χ1v) is 8.03. The Bertz CT molecular complexity index is 539. The Labute approximate surface area is 125 Å². The minimum atomic E-state index is -0.603. The van der Waals surface area contributed by atoms with E-state index in [-0.39, 0.29) is 0 Å². The molecule has 2 rings (SSSR count). The number of hydrogen-bond acceptors (Lipinski definition) is 3. The molecule has 0 bridgehead atoms. The van der Waals surface area contributed by atoms with Crippen LogP contribution in [0.15, 0.2) is 47.6 Å². The molecule has 1 aromatic carbocycles. The van der Waals surface area contributed by atoms with Crippen LogP contribution in [0.25, 0.3) is 0 Å². The average Bonchev–Trinajstić information content (AvgIpc) is 2.48. The maximum atomic E-state index is 10.6. The summed E-state index contributed by atoms with van der Waals surface area (Å²) in [4.78, 5) is 4.42. The van der Waals surface area contributed by atoms with E-state index in [2.05, 4.69) is 11.9 Å². The zero-order valence-electron chi connectivity index (χ0n) is 12.0. The van der Waals surface area contributed by atoms with E-state index in [4.69, 9.17) is 0 Å². The first kappa shape index (κ1) is 15.1. The Balaban J connectivity index is 2.20. The fourth-order valence-corrected chi connectivity index (χ4v) is 3.08. The molecule has 2 nitrogen and oxygen atoms in total. The molecule has 1 N–H and O–H groups in total. The van der Waals surface area contributed by atoms with Gasteiger partial charge in [0.25, 0.3) is 0 Å². The highest BCUT2D eigenvalue weighted by molar-refractivity contribution is 7.99. The summed E-state index contributed by atoms with van der Waals surface area (Å²) in [6, 6.07) is 11.9. The van der Waals surface area contributed by atoms with Crippen LogP contribution in [0.4, 0.5) is 0 Å². The van der Waals surface area contributed by atoms with E-state index in [1.165, 1.54) is 18.4 Å². The highest BCUT2D eigenvalue weighted by Crippen LogP contribution is 2.30. The lowest BCUT2D eigenvalue weighted by Gasteiger charge is -2.15. The van der Waals surface area contributed by atoms with Gasteiger partial charge in [0.2, 0.25) is 0 Å². The van der Waals surface area contributed by atoms with E-state index in [1.807, 2.05) is 43.3 Å². The van der Waals surface area contributed by atoms with E-state index < -0.39 is 6.10 Å². The number of aliphatic hydroxyl groups excluding tert-OH is 1. The van der Waals surface area contributed by atoms with Gasteiger partial charge in [-0.2, -0.15) is 0 Å². The average molecular weight is 287 g/mol. The molecule has 1 unspecified atom stereocenters. The Hall–Kier alpha value is -1.32. The fourth-order valence-electron chi connectivity index (χ4n) is 1.97. The predicted molar refractivity (Wildman–Crippen MR) is 85.1 cm³/mol. The second-order valence-corrected chi connectivity index (χ2v) is 6.00. The molecule has 0 saturated carbocycles. The van der Waals surface area contributed by atoms with Gasteiger partial charge in [-0.15, -0.1) is 11.8 Å². The van der Waals surface area contributed by atoms with Gasteiger partial charge in [0, 0.05) is 11.8 Å². The predicted octanol–water partition coefficient (Wildman–Crippen LogP) is 4.36. The number of rotatable bonds is 6. The molecule has 0 fully saturated rings. The zero-order valence-corrected chi connectivity index (χ0v) is 12.9. The van der Waals surface area contributed by atoms with Crippen molar-refractivity contribution < 1.29 is 5.11 Å². The topological polar surface area (TPSA) is 33.1 Å². The minimum Gasteiger partial charge on any atom is -0.384 e. The van der Waals surface area contributed by atoms with Gasteiger partial charge in [-0.3, -0.25) is 0 Å². The number of aryl methyl sites for hydroxylation is 1. The monoisotopic (exact) mass is 287 g/mol. The van der Waals surface area contributed by atoms with Gasteiger partial charge in [0.05, 0.1) is 0 Å². The molecule has 0 aliphatic heterocycles. The maximum Gasteiger partial charge on any atom is 0.107 e. The molecule has 1 atom stereocenters. The lowest BCUT2D eigenvalue weighted by atomic mass is 10.0. The van der Waals surface area contributed by atoms with Crippen molar-refractivity contribution in [1.82, 2.24) is 4.98 Å². The van der Waals surface area contributed by atoms with Crippen LogP contribution in [-0.4, -0.2) is 15.8 Å². The van der Waals surface area contributed by atoms with Crippen LogP contribution >= 0.6 is 11.8 Å². The van der Waals surface area contributed by atoms with E-state index in [0.29, 0.717) is 0 Å². The first-order chi connectivity index (χ1) is 9.72. The van der Waals surface area contributed by atoms with Gasteiger partial charge >= 0.3 is 0 Å². The number of nitrogens with zero attached hydrogens (tertiary/aromatic N) is 1. The lowest BCUT2D eigenvalue weighted by Crippen LogP contribution is -2.03. The summed E-state index contributed by atoms with van der Waals surface area (Å²) in [6.07, 6.45) is 3.53. The normalized spacial score (nSPS) is 12.3. The van der Waals surface area contributed by atoms with E-state index >= 15 is 0 Å². The smallest absolute Gasteiger partial charge is 0.107 e. The van der Waals surface area contributed by atoms with Crippen molar-refractivity contribution in [3.63, 3.8) is 0 Å². The highest BCUT2D eigenvalue weighted by Gasteiger charge is 2.15. The van der Waals surface area contributed by atoms with Crippen molar-refractivity contribution >= 4 is 11.8 Å². The summed E-state index contributed by atoms with van der Waals surface area (Å²) >= 11 is 1.73. The Morgan fingerprint density at radius 1 is 1.20 bits per heavy atom. The number of unbranched alkanes of at least 4 members (excludes halogenated alkanes) is 1. The third-order valence-corrected chi connectivity index (χ3v) is 4.33. The third-order valence-electron chi connectivity index (χ3n) is 3.22. The quantitative estimate of drug-likeness (QED) is 0.633. The van der Waals surface area contributed by atoms with Gasteiger partial charge in [-0.05, 0) is 30.7 Å². The van der Waals surface area contributed by atoms with Crippen LogP contribution in [0.5, 0.6) is 0 Å². The summed E-state index contributed by atoms with van der Waals surface area (Å²) < 4.78 is 0. The molecule has 0 radical (unpaired) electrons. The molecule has 1 aromatic heterocycles. The van der Waals surface area contributed by atoms with Gasteiger partial charge in [-0.25, -0.2) is 4.98 Å². The van der Waals surface area contributed by atoms with Crippen LogP contribution in [0, 0.1) is 6.92 Å². The molecule has 0 aliphatic rings. The summed E-state index contributed by atoms with van der Waals surface area (Å²) in [5.41, 5.74) is 3.02. The van der Waals surface area contributed by atoms with Crippen LogP contribution < -0.4 is 0 Å². The van der Waals surface area contributed by atoms with Crippen molar-refractivity contribution in [3.05, 3.63) is 59.3 Å². The van der Waals surface area contributed by atoms with Crippen molar-refractivity contribution in [2.75, 3.05) is 5.75 Å². The van der Waals surface area contributed by atoms with E-state index in [1.54, 1.807) is 18.0 Å². The molecule has 20 heavy (non-hydrogen) atoms. The molecule has 0 aliphatic carbocycles. The Kier molecular flexibility index (Phi) is 5.62. The van der Waals surface area contributed by atoms with Crippen molar-refractivity contribution in [3.8, 4) is 0 Å². The second kappa shape index (κ2) is 7.46. The van der Waals surface area contributed by atoms with Crippen molar-refractivity contribution in [1.29, 1.82) is 0 Å². The molecule has 0 amide bonds. The van der Waals surface area contributed by atoms with Gasteiger partial charge < -0.3 is 5.11 Å². The Morgan fingerprint density at radius 2 is 1.95 bits per heavy atom. The molecular formula is C17H21NOS. The molecular weight excluding hydrogens is 266 g/mol. The zero-order chi connectivity index (χ0) is 14.4. The minimum absolute atomic E-state index is 0.603. The molecule has 0 spiro atoms. The largest absolute Gasteiger partial charge is 0.384 e. The molecule has 3 heteroatoms. The fraction of sp³-hybridized carbons (Fsp3) is 0.353. The number of aliphatic hydroxyl groups is 1. The van der Waals surface area contributed by atoms with Crippen LogP contribution in [-0.2, 0) is 0 Å². The molecule has 0 saturated heterocycles. The molecule has 2 aromatic rings. The summed E-state index contributed by atoms with van der Waals surface area (Å²) in [5, 5.41) is 11.5. The van der Waals surface area contributed by atoms with Gasteiger partial charge in [-0.1, -0.05) is 49.2 Å². The summed E-state index contributed by atoms with van der Waals surface area (Å²) in [5.74, 6) is 1.04. The summed E-state index contributed by atoms with van der Waals surface area (Å²) in [7, 11) is 0. The van der Waals surface area contributed by atoms with E-state index in [0.717, 1.165) is 21.9 Å². The van der Waals surface area contributed by atoms with Crippen molar-refractivity contribution in [2.24, 2.45) is 0 Å². The standard InChI is InChI=1S/C17H21NOS/c1-3-4-12-20-17-15(6-5-11-18-17)16(19)14-9-7-13(2)8-10-14/h5-11,16,19H,3-4,12H2,1-2H3. The summed E-state index contributed by atoms with van der Waals surface area (Å²) in [6.45, 7) is 4.23. The van der Waals surface area contributed by atoms with Crippen LogP contribution in [0.2, 0.25) is 0 Å². The second-order valence-electron chi connectivity index (χ2n) is 4.91. The number of pyridine rings is 1. The maximum absolute atomic E-state index is 10.6. The third kappa shape index (κ3) is 3.84. The van der Waals surface area contributed by atoms with E-state index in [9.17, 15) is 5.11 Å². The number of aromatic nitrogens is 1. The lowest BCUT2D eigenvalue weighted by molar-refractivity contribution is 0.216. The van der Waals surface area contributed by atoms with Crippen molar-refractivity contribution in [2.45, 2.75) is 37.8 Å².